The van der Waals surface area contributed by atoms with Gasteiger partial charge in [0.2, 0.25) is 0 Å². The molecule has 0 aliphatic carbocycles. The molecule has 2 rings (SSSR count). The molecule has 5 heteroatoms. The Labute approximate surface area is 115 Å². The van der Waals surface area contributed by atoms with Crippen LogP contribution < -0.4 is 4.74 Å². The average Bonchev–Trinajstić information content (AvgIpc) is 2.43. The van der Waals surface area contributed by atoms with Gasteiger partial charge in [-0.05, 0) is 42.8 Å². The highest BCUT2D eigenvalue weighted by Gasteiger charge is 2.17. The van der Waals surface area contributed by atoms with Crippen molar-refractivity contribution in [3.63, 3.8) is 0 Å². The van der Waals surface area contributed by atoms with E-state index in [0.29, 0.717) is 5.56 Å². The first-order valence-corrected chi connectivity index (χ1v) is 5.83. The van der Waals surface area contributed by atoms with E-state index >= 15 is 0 Å². The number of benzene rings is 2. The summed E-state index contributed by atoms with van der Waals surface area (Å²) >= 11 is 0. The Kier molecular flexibility index (Phi) is 3.70. The van der Waals surface area contributed by atoms with Crippen molar-refractivity contribution >= 4 is 11.9 Å². The molecule has 102 valence electrons. The molecule has 0 radical (unpaired) electrons. The van der Waals surface area contributed by atoms with Crippen molar-refractivity contribution in [1.29, 1.82) is 0 Å². The molecule has 2 aromatic carbocycles. The molecule has 0 aliphatic rings. The monoisotopic (exact) mass is 272 g/mol. The second-order valence-electron chi connectivity index (χ2n) is 4.19. The Morgan fingerprint density at radius 1 is 1.05 bits per heavy atom. The maximum atomic E-state index is 12.0. The van der Waals surface area contributed by atoms with Gasteiger partial charge in [0.05, 0.1) is 11.1 Å². The van der Waals surface area contributed by atoms with Crippen molar-refractivity contribution in [2.75, 3.05) is 0 Å². The summed E-state index contributed by atoms with van der Waals surface area (Å²) in [6.45, 7) is 1.66. The average molecular weight is 272 g/mol. The molecule has 0 bridgehead atoms. The number of carboxylic acids is 1. The van der Waals surface area contributed by atoms with Gasteiger partial charge in [0, 0.05) is 0 Å². The second-order valence-corrected chi connectivity index (χ2v) is 4.19. The number of aromatic hydroxyl groups is 1. The number of aryl methyl sites for hydroxylation is 1. The SMILES string of the molecule is Cc1cc(OC(=O)c2ccccc2C(=O)O)ccc1O. The molecule has 0 heterocycles. The highest BCUT2D eigenvalue weighted by molar-refractivity contribution is 6.03. The topological polar surface area (TPSA) is 83.8 Å². The van der Waals surface area contributed by atoms with E-state index in [4.69, 9.17) is 9.84 Å². The molecule has 0 amide bonds. The third kappa shape index (κ3) is 2.77. The molecular formula is C15H12O5. The van der Waals surface area contributed by atoms with Crippen molar-refractivity contribution < 1.29 is 24.5 Å². The third-order valence-corrected chi connectivity index (χ3v) is 2.76. The summed E-state index contributed by atoms with van der Waals surface area (Å²) in [5.74, 6) is -1.62. The lowest BCUT2D eigenvalue weighted by atomic mass is 10.1. The van der Waals surface area contributed by atoms with E-state index in [1.807, 2.05) is 0 Å². The number of hydrogen-bond donors (Lipinski definition) is 2. The van der Waals surface area contributed by atoms with E-state index < -0.39 is 11.9 Å². The van der Waals surface area contributed by atoms with Gasteiger partial charge in [0.15, 0.2) is 0 Å². The van der Waals surface area contributed by atoms with Gasteiger partial charge >= 0.3 is 11.9 Å². The molecule has 0 aliphatic heterocycles. The number of ether oxygens (including phenoxy) is 1. The zero-order chi connectivity index (χ0) is 14.7. The minimum absolute atomic E-state index is 0.0225. The molecule has 0 aromatic heterocycles. The maximum Gasteiger partial charge on any atom is 0.344 e. The number of rotatable bonds is 3. The minimum atomic E-state index is -1.19. The first-order valence-electron chi connectivity index (χ1n) is 5.83. The number of phenolic OH excluding ortho intramolecular Hbond substituents is 1. The highest BCUT2D eigenvalue weighted by Crippen LogP contribution is 2.23. The Balaban J connectivity index is 2.28. The summed E-state index contributed by atoms with van der Waals surface area (Å²) in [4.78, 5) is 23.0. The first kappa shape index (κ1) is 13.6. The molecule has 2 N–H and O–H groups in total. The van der Waals surface area contributed by atoms with Crippen molar-refractivity contribution in [2.24, 2.45) is 0 Å². The summed E-state index contributed by atoms with van der Waals surface area (Å²) in [6.07, 6.45) is 0. The Hall–Kier alpha value is -2.82. The Bertz CT molecular complexity index is 676. The minimum Gasteiger partial charge on any atom is -0.508 e. The lowest BCUT2D eigenvalue weighted by Crippen LogP contribution is -2.14. The van der Waals surface area contributed by atoms with Gasteiger partial charge < -0.3 is 14.9 Å². The van der Waals surface area contributed by atoms with Gasteiger partial charge in [-0.25, -0.2) is 9.59 Å². The largest absolute Gasteiger partial charge is 0.508 e. The zero-order valence-corrected chi connectivity index (χ0v) is 10.7. The van der Waals surface area contributed by atoms with Crippen LogP contribution in [-0.2, 0) is 0 Å². The normalized spacial score (nSPS) is 10.1. The van der Waals surface area contributed by atoms with Gasteiger partial charge in [0.1, 0.15) is 11.5 Å². The van der Waals surface area contributed by atoms with Crippen LogP contribution in [0.2, 0.25) is 0 Å². The first-order chi connectivity index (χ1) is 9.49. The molecule has 5 nitrogen and oxygen atoms in total. The summed E-state index contributed by atoms with van der Waals surface area (Å²) in [5.41, 5.74) is 0.417. The van der Waals surface area contributed by atoms with Gasteiger partial charge in [-0.2, -0.15) is 0 Å². The number of carboxylic acid groups (broad SMARTS) is 1. The molecular weight excluding hydrogens is 260 g/mol. The second kappa shape index (κ2) is 5.44. The lowest BCUT2D eigenvalue weighted by molar-refractivity contribution is 0.0668. The van der Waals surface area contributed by atoms with Crippen LogP contribution in [-0.4, -0.2) is 22.2 Å². The maximum absolute atomic E-state index is 12.0. The van der Waals surface area contributed by atoms with E-state index in [-0.39, 0.29) is 22.6 Å². The summed E-state index contributed by atoms with van der Waals surface area (Å²) in [6, 6.07) is 10.2. The van der Waals surface area contributed by atoms with Crippen LogP contribution in [0.25, 0.3) is 0 Å². The highest BCUT2D eigenvalue weighted by atomic mass is 16.5. The predicted molar refractivity (Wildman–Crippen MR) is 71.2 cm³/mol. The van der Waals surface area contributed by atoms with Crippen molar-refractivity contribution in [3.05, 3.63) is 59.2 Å². The molecule has 0 atom stereocenters. The third-order valence-electron chi connectivity index (χ3n) is 2.76. The number of esters is 1. The molecule has 0 saturated heterocycles. The van der Waals surface area contributed by atoms with Crippen molar-refractivity contribution in [3.8, 4) is 11.5 Å². The zero-order valence-electron chi connectivity index (χ0n) is 10.7. The summed E-state index contributed by atoms with van der Waals surface area (Å²) in [7, 11) is 0. The van der Waals surface area contributed by atoms with Gasteiger partial charge in [0.25, 0.3) is 0 Å². The van der Waals surface area contributed by atoms with Crippen molar-refractivity contribution in [1.82, 2.24) is 0 Å². The standard InChI is InChI=1S/C15H12O5/c1-9-8-10(6-7-13(9)16)20-15(19)12-5-3-2-4-11(12)14(17)18/h2-8,16H,1H3,(H,17,18). The molecule has 2 aromatic rings. The van der Waals surface area contributed by atoms with Crippen LogP contribution in [0.3, 0.4) is 0 Å². The molecule has 20 heavy (non-hydrogen) atoms. The Morgan fingerprint density at radius 2 is 1.70 bits per heavy atom. The fourth-order valence-electron chi connectivity index (χ4n) is 1.70. The quantitative estimate of drug-likeness (QED) is 0.662. The number of carbonyl (C=O) groups excluding carboxylic acids is 1. The van der Waals surface area contributed by atoms with Crippen LogP contribution in [0, 0.1) is 6.92 Å². The van der Waals surface area contributed by atoms with Gasteiger partial charge in [-0.3, -0.25) is 0 Å². The summed E-state index contributed by atoms with van der Waals surface area (Å²) in [5, 5.41) is 18.4. The molecule has 0 saturated carbocycles. The van der Waals surface area contributed by atoms with Gasteiger partial charge in [-0.1, -0.05) is 12.1 Å². The van der Waals surface area contributed by atoms with Crippen LogP contribution in [0.15, 0.2) is 42.5 Å². The van der Waals surface area contributed by atoms with Crippen LogP contribution >= 0.6 is 0 Å². The van der Waals surface area contributed by atoms with Crippen molar-refractivity contribution in [2.45, 2.75) is 6.92 Å². The number of carbonyl (C=O) groups is 2. The number of hydrogen-bond acceptors (Lipinski definition) is 4. The van der Waals surface area contributed by atoms with E-state index in [1.54, 1.807) is 13.0 Å². The molecule has 0 fully saturated rings. The van der Waals surface area contributed by atoms with E-state index in [0.717, 1.165) is 0 Å². The molecule has 0 unspecified atom stereocenters. The lowest BCUT2D eigenvalue weighted by Gasteiger charge is -2.08. The number of aromatic carboxylic acids is 1. The predicted octanol–water partition coefficient (Wildman–Crippen LogP) is 2.62. The fourth-order valence-corrected chi connectivity index (χ4v) is 1.70. The smallest absolute Gasteiger partial charge is 0.344 e. The number of phenols is 1. The molecule has 0 spiro atoms. The van der Waals surface area contributed by atoms with E-state index in [2.05, 4.69) is 0 Å². The van der Waals surface area contributed by atoms with Crippen LogP contribution in [0.4, 0.5) is 0 Å². The van der Waals surface area contributed by atoms with Gasteiger partial charge in [-0.15, -0.1) is 0 Å². The van der Waals surface area contributed by atoms with Crippen LogP contribution in [0.5, 0.6) is 11.5 Å². The fraction of sp³-hybridized carbons (Fsp3) is 0.0667. The van der Waals surface area contributed by atoms with Crippen LogP contribution in [0.1, 0.15) is 26.3 Å². The van der Waals surface area contributed by atoms with E-state index in [1.165, 1.54) is 36.4 Å². The van der Waals surface area contributed by atoms with E-state index in [9.17, 15) is 14.7 Å². The summed E-state index contributed by atoms with van der Waals surface area (Å²) < 4.78 is 5.11. The Morgan fingerprint density at radius 3 is 2.30 bits per heavy atom.